The van der Waals surface area contributed by atoms with Crippen LogP contribution in [0.5, 0.6) is 11.5 Å². The number of hydrogen-bond acceptors (Lipinski definition) is 5. The van der Waals surface area contributed by atoms with E-state index in [4.69, 9.17) is 9.47 Å². The van der Waals surface area contributed by atoms with Gasteiger partial charge in [0.25, 0.3) is 11.1 Å². The highest BCUT2D eigenvalue weighted by molar-refractivity contribution is 8.18. The molecule has 5 rings (SSSR count). The summed E-state index contributed by atoms with van der Waals surface area (Å²) in [6.45, 7) is 2.58. The average Bonchev–Trinajstić information content (AvgIpc) is 3.17. The fourth-order valence-corrected chi connectivity index (χ4v) is 5.00. The van der Waals surface area contributed by atoms with Gasteiger partial charge in [0.05, 0.1) is 18.1 Å². The van der Waals surface area contributed by atoms with Crippen molar-refractivity contribution < 1.29 is 23.5 Å². The Kier molecular flexibility index (Phi) is 7.23. The van der Waals surface area contributed by atoms with E-state index < -0.39 is 17.0 Å². The second-order valence-corrected chi connectivity index (χ2v) is 9.42. The van der Waals surface area contributed by atoms with Crippen molar-refractivity contribution in [3.63, 3.8) is 0 Å². The zero-order chi connectivity index (χ0) is 25.8. The standard InChI is InChI=1S/C30H24FNO4S/c1-2-35-27-16-20(14-15-26(27)36-19-23-11-7-10-21-8-3-5-12-24(21)23)17-28-29(33)32(30(34)37-28)18-22-9-4-6-13-25(22)31/h3-17H,2,18-19H2,1H3/b28-17-. The van der Waals surface area contributed by atoms with E-state index in [2.05, 4.69) is 18.2 Å². The van der Waals surface area contributed by atoms with Crippen molar-refractivity contribution in [2.45, 2.75) is 20.1 Å². The van der Waals surface area contributed by atoms with Crippen molar-refractivity contribution in [3.05, 3.63) is 112 Å². The van der Waals surface area contributed by atoms with Gasteiger partial charge < -0.3 is 9.47 Å². The van der Waals surface area contributed by atoms with Crippen LogP contribution in [0.4, 0.5) is 9.18 Å². The molecular formula is C30H24FNO4S. The average molecular weight is 514 g/mol. The molecule has 4 aromatic carbocycles. The Labute approximate surface area is 218 Å². The molecule has 1 fully saturated rings. The fraction of sp³-hybridized carbons (Fsp3) is 0.133. The first-order chi connectivity index (χ1) is 18.0. The maximum atomic E-state index is 14.0. The van der Waals surface area contributed by atoms with E-state index in [-0.39, 0.29) is 17.0 Å². The molecule has 1 aliphatic heterocycles. The number of carbonyl (C=O) groups excluding carboxylic acids is 2. The first-order valence-corrected chi connectivity index (χ1v) is 12.7. The van der Waals surface area contributed by atoms with Gasteiger partial charge in [0.15, 0.2) is 11.5 Å². The van der Waals surface area contributed by atoms with Crippen LogP contribution in [0.1, 0.15) is 23.6 Å². The van der Waals surface area contributed by atoms with E-state index in [9.17, 15) is 14.0 Å². The Hall–Kier alpha value is -4.10. The predicted molar refractivity (Wildman–Crippen MR) is 144 cm³/mol. The van der Waals surface area contributed by atoms with Crippen LogP contribution >= 0.6 is 11.8 Å². The number of nitrogens with zero attached hydrogens (tertiary/aromatic N) is 1. The van der Waals surface area contributed by atoms with E-state index in [0.717, 1.165) is 33.0 Å². The summed E-state index contributed by atoms with van der Waals surface area (Å²) < 4.78 is 26.0. The highest BCUT2D eigenvalue weighted by Gasteiger charge is 2.35. The van der Waals surface area contributed by atoms with Crippen LogP contribution in [0.2, 0.25) is 0 Å². The Morgan fingerprint density at radius 2 is 1.62 bits per heavy atom. The Morgan fingerprint density at radius 3 is 2.46 bits per heavy atom. The van der Waals surface area contributed by atoms with Gasteiger partial charge in [-0.1, -0.05) is 66.7 Å². The quantitative estimate of drug-likeness (QED) is 0.233. The third kappa shape index (κ3) is 5.37. The number of benzene rings is 4. The van der Waals surface area contributed by atoms with Crippen molar-refractivity contribution in [1.82, 2.24) is 4.90 Å². The molecule has 1 saturated heterocycles. The molecule has 5 nitrogen and oxygen atoms in total. The fourth-order valence-electron chi connectivity index (χ4n) is 4.16. The molecule has 4 aromatic rings. The smallest absolute Gasteiger partial charge is 0.293 e. The Morgan fingerprint density at radius 1 is 0.865 bits per heavy atom. The van der Waals surface area contributed by atoms with Crippen molar-refractivity contribution in [2.24, 2.45) is 0 Å². The minimum atomic E-state index is -0.453. The highest BCUT2D eigenvalue weighted by atomic mass is 32.2. The van der Waals surface area contributed by atoms with Gasteiger partial charge in [0, 0.05) is 5.56 Å². The summed E-state index contributed by atoms with van der Waals surface area (Å²) >= 11 is 0.838. The number of fused-ring (bicyclic) bond motifs is 1. The molecule has 0 aliphatic carbocycles. The van der Waals surface area contributed by atoms with Gasteiger partial charge in [0.1, 0.15) is 12.4 Å². The monoisotopic (exact) mass is 513 g/mol. The van der Waals surface area contributed by atoms with Crippen LogP contribution in [0.15, 0.2) is 89.8 Å². The van der Waals surface area contributed by atoms with Gasteiger partial charge in [0.2, 0.25) is 0 Å². The lowest BCUT2D eigenvalue weighted by atomic mass is 10.1. The Bertz CT molecular complexity index is 1510. The minimum absolute atomic E-state index is 0.111. The highest BCUT2D eigenvalue weighted by Crippen LogP contribution is 2.36. The van der Waals surface area contributed by atoms with Crippen molar-refractivity contribution in [2.75, 3.05) is 6.61 Å². The number of imide groups is 1. The molecule has 2 amide bonds. The van der Waals surface area contributed by atoms with Crippen molar-refractivity contribution in [3.8, 4) is 11.5 Å². The van der Waals surface area contributed by atoms with E-state index in [1.807, 2.05) is 37.3 Å². The molecule has 0 N–H and O–H groups in total. The minimum Gasteiger partial charge on any atom is -0.490 e. The van der Waals surface area contributed by atoms with E-state index >= 15 is 0 Å². The molecule has 7 heteroatoms. The second kappa shape index (κ2) is 10.9. The normalized spacial score (nSPS) is 14.5. The van der Waals surface area contributed by atoms with E-state index in [1.54, 1.807) is 36.4 Å². The molecule has 37 heavy (non-hydrogen) atoms. The van der Waals surface area contributed by atoms with Gasteiger partial charge >= 0.3 is 0 Å². The molecule has 186 valence electrons. The van der Waals surface area contributed by atoms with Crippen LogP contribution in [-0.2, 0) is 17.9 Å². The molecule has 1 heterocycles. The number of hydrogen-bond donors (Lipinski definition) is 0. The number of amides is 2. The maximum Gasteiger partial charge on any atom is 0.293 e. The van der Waals surface area contributed by atoms with Crippen LogP contribution in [-0.4, -0.2) is 22.7 Å². The molecule has 0 unspecified atom stereocenters. The molecule has 0 aromatic heterocycles. The third-order valence-electron chi connectivity index (χ3n) is 5.99. The lowest BCUT2D eigenvalue weighted by Crippen LogP contribution is -2.27. The molecule has 0 saturated carbocycles. The maximum absolute atomic E-state index is 14.0. The summed E-state index contributed by atoms with van der Waals surface area (Å²) in [5, 5.41) is 1.85. The number of rotatable bonds is 8. The number of thioether (sulfide) groups is 1. The van der Waals surface area contributed by atoms with Gasteiger partial charge in [-0.05, 0) is 64.9 Å². The second-order valence-electron chi connectivity index (χ2n) is 8.43. The summed E-state index contributed by atoms with van der Waals surface area (Å²) in [7, 11) is 0. The summed E-state index contributed by atoms with van der Waals surface area (Å²) in [6, 6.07) is 25.8. The largest absolute Gasteiger partial charge is 0.490 e. The van der Waals surface area contributed by atoms with Crippen molar-refractivity contribution >= 4 is 39.8 Å². The molecule has 0 radical (unpaired) electrons. The summed E-state index contributed by atoms with van der Waals surface area (Å²) in [5.41, 5.74) is 2.04. The van der Waals surface area contributed by atoms with Gasteiger partial charge in [-0.2, -0.15) is 0 Å². The molecule has 0 bridgehead atoms. The van der Waals surface area contributed by atoms with Crippen LogP contribution < -0.4 is 9.47 Å². The first kappa shape index (κ1) is 24.6. The van der Waals surface area contributed by atoms with E-state index in [0.29, 0.717) is 30.3 Å². The lowest BCUT2D eigenvalue weighted by Gasteiger charge is -2.14. The SMILES string of the molecule is CCOc1cc(/C=C2\SC(=O)N(Cc3ccccc3F)C2=O)ccc1OCc1cccc2ccccc12. The molecule has 0 spiro atoms. The molecule has 1 aliphatic rings. The first-order valence-electron chi connectivity index (χ1n) is 11.9. The Balaban J connectivity index is 1.35. The van der Waals surface area contributed by atoms with Crippen LogP contribution in [0.3, 0.4) is 0 Å². The van der Waals surface area contributed by atoms with Gasteiger partial charge in [-0.15, -0.1) is 0 Å². The topological polar surface area (TPSA) is 55.8 Å². The zero-order valence-corrected chi connectivity index (χ0v) is 21.0. The van der Waals surface area contributed by atoms with Gasteiger partial charge in [-0.25, -0.2) is 4.39 Å². The zero-order valence-electron chi connectivity index (χ0n) is 20.1. The van der Waals surface area contributed by atoms with Crippen molar-refractivity contribution in [1.29, 1.82) is 0 Å². The third-order valence-corrected chi connectivity index (χ3v) is 6.90. The number of ether oxygens (including phenoxy) is 2. The van der Waals surface area contributed by atoms with Crippen LogP contribution in [0, 0.1) is 5.82 Å². The molecule has 0 atom stereocenters. The van der Waals surface area contributed by atoms with Crippen LogP contribution in [0.25, 0.3) is 16.8 Å². The van der Waals surface area contributed by atoms with E-state index in [1.165, 1.54) is 6.07 Å². The lowest BCUT2D eigenvalue weighted by molar-refractivity contribution is -0.123. The number of carbonyl (C=O) groups is 2. The summed E-state index contributed by atoms with van der Waals surface area (Å²) in [6.07, 6.45) is 1.64. The predicted octanol–water partition coefficient (Wildman–Crippen LogP) is 7.19. The summed E-state index contributed by atoms with van der Waals surface area (Å²) in [4.78, 5) is 26.7. The molecular weight excluding hydrogens is 489 g/mol. The number of halogens is 1. The summed E-state index contributed by atoms with van der Waals surface area (Å²) in [5.74, 6) is 0.222. The van der Waals surface area contributed by atoms with Gasteiger partial charge in [-0.3, -0.25) is 14.5 Å².